The normalized spacial score (nSPS) is 19.9. The van der Waals surface area contributed by atoms with Crippen molar-refractivity contribution in [2.75, 3.05) is 0 Å². The Morgan fingerprint density at radius 2 is 1.88 bits per heavy atom. The highest BCUT2D eigenvalue weighted by Gasteiger charge is 2.52. The molecule has 0 aromatic carbocycles. The first-order chi connectivity index (χ1) is 7.13. The fourth-order valence-electron chi connectivity index (χ4n) is 1.29. The summed E-state index contributed by atoms with van der Waals surface area (Å²) in [6.07, 6.45) is -0.329. The molecule has 0 bridgehead atoms. The van der Waals surface area contributed by atoms with Gasteiger partial charge in [-0.3, -0.25) is 9.59 Å². The maximum Gasteiger partial charge on any atom is 0.424 e. The van der Waals surface area contributed by atoms with Crippen LogP contribution in [0.1, 0.15) is 41.0 Å². The minimum Gasteiger partial charge on any atom is -0.433 e. The lowest BCUT2D eigenvalue weighted by atomic mass is 9.88. The molecule has 1 aliphatic heterocycles. The summed E-state index contributed by atoms with van der Waals surface area (Å²) in [4.78, 5) is 35.9. The molecule has 1 fully saturated rings. The number of carbonyl (C=O) groups excluding carboxylic acids is 3. The first-order valence-electron chi connectivity index (χ1n) is 5.25. The van der Waals surface area contributed by atoms with E-state index in [-0.39, 0.29) is 0 Å². The highest BCUT2D eigenvalue weighted by Crippen LogP contribution is 2.30. The number of rotatable bonds is 2. The number of carbonyl (C=O) groups is 3. The highest BCUT2D eigenvalue weighted by molar-refractivity contribution is 6.16. The molecule has 0 aromatic rings. The van der Waals surface area contributed by atoms with Crippen LogP contribution in [0.2, 0.25) is 0 Å². The number of nitrogens with zero attached hydrogens (tertiary/aromatic N) is 1. The fraction of sp³-hybridized carbons (Fsp3) is 0.727. The summed E-state index contributed by atoms with van der Waals surface area (Å²) >= 11 is 0. The summed E-state index contributed by atoms with van der Waals surface area (Å²) in [6, 6.07) is 0. The van der Waals surface area contributed by atoms with Crippen molar-refractivity contribution in [2.24, 2.45) is 5.41 Å². The van der Waals surface area contributed by atoms with Crippen LogP contribution in [0, 0.1) is 5.41 Å². The number of hydrogen-bond acceptors (Lipinski definition) is 4. The molecular weight excluding hydrogens is 210 g/mol. The minimum atomic E-state index is -1.24. The van der Waals surface area contributed by atoms with Crippen LogP contribution in [0.4, 0.5) is 4.79 Å². The van der Waals surface area contributed by atoms with Crippen molar-refractivity contribution in [2.45, 2.75) is 46.6 Å². The van der Waals surface area contributed by atoms with E-state index in [2.05, 4.69) is 0 Å². The molecule has 0 N–H and O–H groups in total. The van der Waals surface area contributed by atoms with E-state index in [0.717, 1.165) is 0 Å². The molecule has 5 nitrogen and oxygen atoms in total. The van der Waals surface area contributed by atoms with E-state index in [9.17, 15) is 14.4 Å². The number of imide groups is 3. The SMILES string of the molecule is CCC(C)(C)C(=O)N1C(=O)OC(C)(C)C1=O. The molecule has 1 heterocycles. The van der Waals surface area contributed by atoms with Gasteiger partial charge in [0, 0.05) is 5.41 Å². The van der Waals surface area contributed by atoms with E-state index in [1.807, 2.05) is 6.92 Å². The molecule has 1 aliphatic rings. The summed E-state index contributed by atoms with van der Waals surface area (Å²) in [5.41, 5.74) is -1.98. The molecule has 0 aliphatic carbocycles. The minimum absolute atomic E-state index is 0.504. The van der Waals surface area contributed by atoms with Crippen molar-refractivity contribution in [3.8, 4) is 0 Å². The summed E-state index contributed by atoms with van der Waals surface area (Å²) in [5.74, 6) is -1.10. The van der Waals surface area contributed by atoms with Gasteiger partial charge in [0.15, 0.2) is 5.60 Å². The van der Waals surface area contributed by atoms with Gasteiger partial charge in [-0.05, 0) is 20.3 Å². The van der Waals surface area contributed by atoms with E-state index in [4.69, 9.17) is 4.74 Å². The number of cyclic esters (lactones) is 1. The number of amides is 3. The molecule has 16 heavy (non-hydrogen) atoms. The van der Waals surface area contributed by atoms with Crippen LogP contribution in [0.25, 0.3) is 0 Å². The summed E-state index contributed by atoms with van der Waals surface area (Å²) in [7, 11) is 0. The van der Waals surface area contributed by atoms with Gasteiger partial charge in [0.05, 0.1) is 0 Å². The Kier molecular flexibility index (Phi) is 2.83. The lowest BCUT2D eigenvalue weighted by molar-refractivity contribution is -0.147. The first kappa shape index (κ1) is 12.7. The Labute approximate surface area is 94.7 Å². The third kappa shape index (κ3) is 1.81. The van der Waals surface area contributed by atoms with Crippen LogP contribution >= 0.6 is 0 Å². The maximum atomic E-state index is 12.0. The van der Waals surface area contributed by atoms with Crippen molar-refractivity contribution >= 4 is 17.9 Å². The molecule has 0 aromatic heterocycles. The Balaban J connectivity index is 3.04. The second-order valence-electron chi connectivity index (χ2n) is 5.06. The maximum absolute atomic E-state index is 12.0. The van der Waals surface area contributed by atoms with Gasteiger partial charge in [0.1, 0.15) is 0 Å². The Morgan fingerprint density at radius 3 is 2.19 bits per heavy atom. The van der Waals surface area contributed by atoms with Gasteiger partial charge in [0.25, 0.3) is 5.91 Å². The van der Waals surface area contributed by atoms with Crippen LogP contribution in [-0.2, 0) is 14.3 Å². The second kappa shape index (κ2) is 3.57. The van der Waals surface area contributed by atoms with Crippen LogP contribution in [0.5, 0.6) is 0 Å². The highest BCUT2D eigenvalue weighted by atomic mass is 16.6. The van der Waals surface area contributed by atoms with Gasteiger partial charge in [-0.25, -0.2) is 4.79 Å². The van der Waals surface area contributed by atoms with Crippen molar-refractivity contribution in [1.82, 2.24) is 4.90 Å². The third-order valence-electron chi connectivity index (χ3n) is 2.91. The molecule has 0 atom stereocenters. The van der Waals surface area contributed by atoms with Gasteiger partial charge >= 0.3 is 6.09 Å². The Morgan fingerprint density at radius 1 is 1.38 bits per heavy atom. The molecule has 0 saturated carbocycles. The molecular formula is C11H17NO4. The standard InChI is InChI=1S/C11H17NO4/c1-6-10(2,3)7(13)12-8(14)11(4,5)16-9(12)15/h6H2,1-5H3. The van der Waals surface area contributed by atoms with Gasteiger partial charge in [-0.2, -0.15) is 4.90 Å². The lowest BCUT2D eigenvalue weighted by Crippen LogP contribution is -2.46. The predicted molar refractivity (Wildman–Crippen MR) is 56.5 cm³/mol. The van der Waals surface area contributed by atoms with Crippen molar-refractivity contribution in [3.05, 3.63) is 0 Å². The lowest BCUT2D eigenvalue weighted by Gasteiger charge is -2.24. The molecule has 1 rings (SSSR count). The summed E-state index contributed by atoms with van der Waals surface area (Å²) in [5, 5.41) is 0. The fourth-order valence-corrected chi connectivity index (χ4v) is 1.29. The van der Waals surface area contributed by atoms with Crippen LogP contribution in [0.3, 0.4) is 0 Å². The Hall–Kier alpha value is -1.39. The number of ether oxygens (including phenoxy) is 1. The molecule has 0 radical (unpaired) electrons. The van der Waals surface area contributed by atoms with E-state index < -0.39 is 28.9 Å². The van der Waals surface area contributed by atoms with Crippen LogP contribution < -0.4 is 0 Å². The zero-order chi connectivity index (χ0) is 12.7. The predicted octanol–water partition coefficient (Wildman–Crippen LogP) is 1.71. The monoisotopic (exact) mass is 227 g/mol. The van der Waals surface area contributed by atoms with Crippen LogP contribution in [-0.4, -0.2) is 28.4 Å². The third-order valence-corrected chi connectivity index (χ3v) is 2.91. The average Bonchev–Trinajstić information content (AvgIpc) is 2.35. The number of hydrogen-bond donors (Lipinski definition) is 0. The van der Waals surface area contributed by atoms with Gasteiger partial charge in [0.2, 0.25) is 5.91 Å². The molecule has 0 unspecified atom stereocenters. The van der Waals surface area contributed by atoms with Crippen LogP contribution in [0.15, 0.2) is 0 Å². The largest absolute Gasteiger partial charge is 0.433 e. The zero-order valence-electron chi connectivity index (χ0n) is 10.3. The van der Waals surface area contributed by atoms with Gasteiger partial charge < -0.3 is 4.74 Å². The molecule has 3 amide bonds. The zero-order valence-corrected chi connectivity index (χ0v) is 10.3. The second-order valence-corrected chi connectivity index (χ2v) is 5.06. The summed E-state index contributed by atoms with van der Waals surface area (Å²) in [6.45, 7) is 8.16. The first-order valence-corrected chi connectivity index (χ1v) is 5.25. The van der Waals surface area contributed by atoms with Crippen molar-refractivity contribution in [3.63, 3.8) is 0 Å². The molecule has 0 spiro atoms. The van der Waals surface area contributed by atoms with E-state index in [0.29, 0.717) is 11.3 Å². The van der Waals surface area contributed by atoms with E-state index >= 15 is 0 Å². The molecule has 5 heteroatoms. The smallest absolute Gasteiger partial charge is 0.424 e. The van der Waals surface area contributed by atoms with E-state index in [1.165, 1.54) is 13.8 Å². The van der Waals surface area contributed by atoms with E-state index in [1.54, 1.807) is 13.8 Å². The van der Waals surface area contributed by atoms with Gasteiger partial charge in [-0.15, -0.1) is 0 Å². The van der Waals surface area contributed by atoms with Gasteiger partial charge in [-0.1, -0.05) is 20.8 Å². The Bertz CT molecular complexity index is 357. The topological polar surface area (TPSA) is 63.7 Å². The molecule has 1 saturated heterocycles. The summed E-state index contributed by atoms with van der Waals surface area (Å²) < 4.78 is 4.85. The quantitative estimate of drug-likeness (QED) is 0.720. The van der Waals surface area contributed by atoms with Crippen molar-refractivity contribution < 1.29 is 19.1 Å². The van der Waals surface area contributed by atoms with Crippen molar-refractivity contribution in [1.29, 1.82) is 0 Å². The average molecular weight is 227 g/mol. The molecule has 90 valence electrons.